The summed E-state index contributed by atoms with van der Waals surface area (Å²) in [5.74, 6) is 0.237. The Bertz CT molecular complexity index is 946. The van der Waals surface area contributed by atoms with Crippen molar-refractivity contribution in [1.29, 1.82) is 0 Å². The second kappa shape index (κ2) is 5.99. The molecule has 0 unspecified atom stereocenters. The first-order chi connectivity index (χ1) is 11.6. The van der Waals surface area contributed by atoms with E-state index >= 15 is 0 Å². The summed E-state index contributed by atoms with van der Waals surface area (Å²) in [5.41, 5.74) is 1.05. The first kappa shape index (κ1) is 15.3. The minimum atomic E-state index is -0.271. The van der Waals surface area contributed by atoms with Gasteiger partial charge in [0.1, 0.15) is 4.70 Å². The molecule has 4 rings (SSSR count). The fourth-order valence-corrected chi connectivity index (χ4v) is 3.56. The van der Waals surface area contributed by atoms with Gasteiger partial charge in [-0.3, -0.25) is 14.7 Å². The van der Waals surface area contributed by atoms with Crippen LogP contribution in [-0.4, -0.2) is 27.0 Å². The van der Waals surface area contributed by atoms with Crippen LogP contribution in [0.15, 0.2) is 28.7 Å². The van der Waals surface area contributed by atoms with E-state index in [0.717, 1.165) is 12.8 Å². The van der Waals surface area contributed by atoms with E-state index in [4.69, 9.17) is 0 Å². The molecule has 0 radical (unpaired) electrons. The second-order valence-electron chi connectivity index (χ2n) is 5.47. The van der Waals surface area contributed by atoms with Crippen LogP contribution < -0.4 is 10.6 Å². The maximum absolute atomic E-state index is 12.4. The number of aromatic nitrogens is 3. The zero-order valence-corrected chi connectivity index (χ0v) is 14.7. The van der Waals surface area contributed by atoms with E-state index in [1.165, 1.54) is 11.3 Å². The summed E-state index contributed by atoms with van der Waals surface area (Å²) in [6.07, 6.45) is 1.87. The van der Waals surface area contributed by atoms with Gasteiger partial charge in [0.05, 0.1) is 5.56 Å². The lowest BCUT2D eigenvalue weighted by Crippen LogP contribution is -2.13. The average molecular weight is 406 g/mol. The van der Waals surface area contributed by atoms with Gasteiger partial charge < -0.3 is 10.6 Å². The fraction of sp³-hybridized carbons (Fsp3) is 0.200. The second-order valence-corrected chi connectivity index (χ2v) is 7.32. The maximum Gasteiger partial charge on any atom is 0.258 e. The third-order valence-corrected chi connectivity index (χ3v) is 5.31. The highest BCUT2D eigenvalue weighted by molar-refractivity contribution is 9.10. The number of carbonyl (C=O) groups is 2. The van der Waals surface area contributed by atoms with Gasteiger partial charge in [0.2, 0.25) is 5.91 Å². The van der Waals surface area contributed by atoms with Crippen LogP contribution in [0.5, 0.6) is 0 Å². The molecule has 0 bridgehead atoms. The van der Waals surface area contributed by atoms with Crippen molar-refractivity contribution in [2.75, 3.05) is 10.6 Å². The summed E-state index contributed by atoms with van der Waals surface area (Å²) in [6.45, 7) is 0. The maximum atomic E-state index is 12.4. The molecule has 2 aromatic heterocycles. The van der Waals surface area contributed by atoms with Crippen molar-refractivity contribution in [2.24, 2.45) is 5.92 Å². The van der Waals surface area contributed by atoms with Crippen molar-refractivity contribution < 1.29 is 9.59 Å². The Labute approximate surface area is 149 Å². The highest BCUT2D eigenvalue weighted by Crippen LogP contribution is 2.34. The number of hydrogen-bond donors (Lipinski definition) is 3. The van der Waals surface area contributed by atoms with Gasteiger partial charge in [-0.05, 0) is 40.9 Å². The van der Waals surface area contributed by atoms with Crippen LogP contribution in [0.3, 0.4) is 0 Å². The van der Waals surface area contributed by atoms with Gasteiger partial charge in [0.15, 0.2) is 16.6 Å². The summed E-state index contributed by atoms with van der Waals surface area (Å²) in [7, 11) is 0. The zero-order chi connectivity index (χ0) is 16.7. The molecule has 0 spiro atoms. The van der Waals surface area contributed by atoms with Crippen molar-refractivity contribution >= 4 is 60.4 Å². The minimum Gasteiger partial charge on any atom is -0.304 e. The highest BCUT2D eigenvalue weighted by atomic mass is 79.9. The topological polar surface area (TPSA) is 99.8 Å². The molecule has 9 heteroatoms. The quantitative estimate of drug-likeness (QED) is 0.619. The molecule has 0 aliphatic heterocycles. The van der Waals surface area contributed by atoms with E-state index in [1.807, 2.05) is 6.07 Å². The number of carbonyl (C=O) groups excluding carboxylic acids is 2. The molecule has 0 saturated heterocycles. The van der Waals surface area contributed by atoms with Gasteiger partial charge in [-0.25, -0.2) is 4.98 Å². The Hall–Kier alpha value is -2.26. The number of nitrogens with one attached hydrogen (secondary N) is 3. The van der Waals surface area contributed by atoms with Crippen molar-refractivity contribution in [1.82, 2.24) is 15.2 Å². The first-order valence-electron chi connectivity index (χ1n) is 7.33. The predicted octanol–water partition coefficient (Wildman–Crippen LogP) is 3.38. The average Bonchev–Trinajstić information content (AvgIpc) is 3.25. The molecular weight excluding hydrogens is 394 g/mol. The lowest BCUT2D eigenvalue weighted by Gasteiger charge is -2.03. The third-order valence-electron chi connectivity index (χ3n) is 3.64. The standard InChI is InChI=1S/C15H12BrN5O2S/c16-9-4-2-1-3-8(9)14(23)17-11-10-12(21-20-11)18-15(24-10)19-13(22)7-5-6-7/h1-4,7H,5-6H2,(H3,17,18,19,20,21,22,23). The number of nitrogens with zero attached hydrogens (tertiary/aromatic N) is 2. The Kier molecular flexibility index (Phi) is 3.81. The van der Waals surface area contributed by atoms with E-state index < -0.39 is 0 Å². The summed E-state index contributed by atoms with van der Waals surface area (Å²) in [6, 6.07) is 7.15. The van der Waals surface area contributed by atoms with Crippen molar-refractivity contribution in [3.63, 3.8) is 0 Å². The molecule has 0 atom stereocenters. The lowest BCUT2D eigenvalue weighted by molar-refractivity contribution is -0.117. The predicted molar refractivity (Wildman–Crippen MR) is 95.2 cm³/mol. The molecule has 1 saturated carbocycles. The molecule has 1 fully saturated rings. The van der Waals surface area contributed by atoms with Gasteiger partial charge in [-0.1, -0.05) is 23.5 Å². The minimum absolute atomic E-state index is 0.00170. The number of thiazole rings is 1. The molecule has 3 aromatic rings. The zero-order valence-electron chi connectivity index (χ0n) is 12.3. The van der Waals surface area contributed by atoms with Crippen LogP contribution in [-0.2, 0) is 4.79 Å². The van der Waals surface area contributed by atoms with Crippen molar-refractivity contribution in [2.45, 2.75) is 12.8 Å². The fourth-order valence-electron chi connectivity index (χ4n) is 2.23. The van der Waals surface area contributed by atoms with E-state index in [2.05, 4.69) is 41.7 Å². The monoisotopic (exact) mass is 405 g/mol. The number of fused-ring (bicyclic) bond motifs is 1. The number of aromatic amines is 1. The molecule has 24 heavy (non-hydrogen) atoms. The van der Waals surface area contributed by atoms with Gasteiger partial charge in [0, 0.05) is 10.4 Å². The molecule has 122 valence electrons. The van der Waals surface area contributed by atoms with Crippen LogP contribution in [0, 0.1) is 5.92 Å². The number of hydrogen-bond acceptors (Lipinski definition) is 5. The van der Waals surface area contributed by atoms with Crippen LogP contribution >= 0.6 is 27.3 Å². The van der Waals surface area contributed by atoms with Crippen molar-refractivity contribution in [3.8, 4) is 0 Å². The summed E-state index contributed by atoms with van der Waals surface area (Å²) < 4.78 is 1.40. The Morgan fingerprint density at radius 2 is 2.04 bits per heavy atom. The Balaban J connectivity index is 1.56. The molecule has 2 heterocycles. The largest absolute Gasteiger partial charge is 0.304 e. The van der Waals surface area contributed by atoms with E-state index in [9.17, 15) is 9.59 Å². The molecule has 1 aliphatic rings. The SMILES string of the molecule is O=C(Nc1n[nH]c2nc(NC(=O)C3CC3)sc12)c1ccccc1Br. The smallest absolute Gasteiger partial charge is 0.258 e. The van der Waals surface area contributed by atoms with Crippen LogP contribution in [0.4, 0.5) is 10.9 Å². The number of anilines is 2. The Morgan fingerprint density at radius 3 is 2.79 bits per heavy atom. The number of halogens is 1. The van der Waals surface area contributed by atoms with E-state index in [-0.39, 0.29) is 17.7 Å². The highest BCUT2D eigenvalue weighted by Gasteiger charge is 2.30. The molecule has 3 N–H and O–H groups in total. The number of rotatable bonds is 4. The van der Waals surface area contributed by atoms with E-state index in [1.54, 1.807) is 18.2 Å². The van der Waals surface area contributed by atoms with Gasteiger partial charge in [-0.15, -0.1) is 0 Å². The van der Waals surface area contributed by atoms with Gasteiger partial charge in [-0.2, -0.15) is 5.10 Å². The first-order valence-corrected chi connectivity index (χ1v) is 8.94. The Morgan fingerprint density at radius 1 is 1.25 bits per heavy atom. The van der Waals surface area contributed by atoms with Gasteiger partial charge >= 0.3 is 0 Å². The molecule has 1 aliphatic carbocycles. The molecular formula is C15H12BrN5O2S. The van der Waals surface area contributed by atoms with Crippen LogP contribution in [0.2, 0.25) is 0 Å². The lowest BCUT2D eigenvalue weighted by atomic mass is 10.2. The number of amides is 2. The van der Waals surface area contributed by atoms with E-state index in [0.29, 0.717) is 31.3 Å². The number of H-pyrrole nitrogens is 1. The summed E-state index contributed by atoms with van der Waals surface area (Å²) in [4.78, 5) is 28.5. The van der Waals surface area contributed by atoms with Crippen LogP contribution in [0.25, 0.3) is 10.3 Å². The van der Waals surface area contributed by atoms with Crippen molar-refractivity contribution in [3.05, 3.63) is 34.3 Å². The summed E-state index contributed by atoms with van der Waals surface area (Å²) in [5, 5.41) is 12.9. The molecule has 2 amide bonds. The van der Waals surface area contributed by atoms with Crippen LogP contribution in [0.1, 0.15) is 23.2 Å². The van der Waals surface area contributed by atoms with Gasteiger partial charge in [0.25, 0.3) is 5.91 Å². The third kappa shape index (κ3) is 2.92. The number of benzene rings is 1. The molecule has 7 nitrogen and oxygen atoms in total. The normalized spacial score (nSPS) is 13.9. The summed E-state index contributed by atoms with van der Waals surface area (Å²) >= 11 is 4.64. The molecule has 1 aromatic carbocycles.